The number of rotatable bonds is 4. The summed E-state index contributed by atoms with van der Waals surface area (Å²) in [5, 5.41) is 17.0. The first-order valence-electron chi connectivity index (χ1n) is 11.4. The number of fused-ring (bicyclic) bond motifs is 3. The van der Waals surface area contributed by atoms with Gasteiger partial charge in [0.2, 0.25) is 0 Å². The Morgan fingerprint density at radius 1 is 1.18 bits per heavy atom. The van der Waals surface area contributed by atoms with E-state index < -0.39 is 0 Å². The van der Waals surface area contributed by atoms with Crippen LogP contribution in [0.15, 0.2) is 54.6 Å². The van der Waals surface area contributed by atoms with Crippen LogP contribution in [0.5, 0.6) is 0 Å². The number of carboxylic acid groups (broad SMARTS) is 1. The van der Waals surface area contributed by atoms with Gasteiger partial charge in [-0.1, -0.05) is 42.5 Å². The van der Waals surface area contributed by atoms with Crippen LogP contribution in [-0.4, -0.2) is 52.7 Å². The lowest BCUT2D eigenvalue weighted by Crippen LogP contribution is -2.42. The molecule has 1 saturated heterocycles. The van der Waals surface area contributed by atoms with E-state index in [0.717, 1.165) is 48.1 Å². The number of imidazole rings is 1. The number of nitrogens with zero attached hydrogens (tertiary/aromatic N) is 5. The molecule has 0 amide bonds. The van der Waals surface area contributed by atoms with Crippen LogP contribution in [0.2, 0.25) is 0 Å². The van der Waals surface area contributed by atoms with Crippen LogP contribution in [0.4, 0.5) is 5.82 Å². The van der Waals surface area contributed by atoms with Gasteiger partial charge in [0.15, 0.2) is 5.65 Å². The van der Waals surface area contributed by atoms with Crippen molar-refractivity contribution in [3.63, 3.8) is 0 Å². The fourth-order valence-corrected chi connectivity index (χ4v) is 5.01. The first-order chi connectivity index (χ1) is 16.5. The second-order valence-electron chi connectivity index (χ2n) is 8.72. The fourth-order valence-electron chi connectivity index (χ4n) is 5.01. The molecule has 0 radical (unpaired) electrons. The molecule has 1 unspecified atom stereocenters. The topological polar surface area (TPSA) is 84.9 Å². The molecular weight excluding hydrogens is 426 g/mol. The standard InChI is InChI=1S/C26H27N5.CH2O2/c1-18-20(16-19-10-5-4-6-11-19)26(30-15-9-14-24(30)29(2)3)31-23-13-8-7-12-22(23)28-25(31)21(18)17-27;2-1-3/h4-8,10-13,24H,9,14-16H2,1-3H3;1H,(H,2,3). The Morgan fingerprint density at radius 2 is 1.85 bits per heavy atom. The lowest BCUT2D eigenvalue weighted by Gasteiger charge is -2.34. The van der Waals surface area contributed by atoms with Crippen molar-refractivity contribution in [3.8, 4) is 6.07 Å². The Kier molecular flexibility index (Phi) is 6.80. The van der Waals surface area contributed by atoms with E-state index in [0.29, 0.717) is 11.7 Å². The molecule has 174 valence electrons. The van der Waals surface area contributed by atoms with Crippen molar-refractivity contribution < 1.29 is 9.90 Å². The first kappa shape index (κ1) is 23.3. The normalized spacial score (nSPS) is 15.4. The molecule has 7 nitrogen and oxygen atoms in total. The zero-order chi connectivity index (χ0) is 24.2. The third kappa shape index (κ3) is 4.09. The average Bonchev–Trinajstić information content (AvgIpc) is 3.46. The molecule has 7 heteroatoms. The molecule has 1 fully saturated rings. The molecule has 34 heavy (non-hydrogen) atoms. The van der Waals surface area contributed by atoms with Gasteiger partial charge in [0.25, 0.3) is 6.47 Å². The van der Waals surface area contributed by atoms with Gasteiger partial charge in [-0.05, 0) is 57.1 Å². The lowest BCUT2D eigenvalue weighted by atomic mass is 9.97. The summed E-state index contributed by atoms with van der Waals surface area (Å²) in [7, 11) is 4.30. The summed E-state index contributed by atoms with van der Waals surface area (Å²) in [6.07, 6.45) is 3.40. The minimum Gasteiger partial charge on any atom is -0.483 e. The lowest BCUT2D eigenvalue weighted by molar-refractivity contribution is -0.122. The van der Waals surface area contributed by atoms with Crippen LogP contribution >= 0.6 is 0 Å². The molecule has 2 aromatic carbocycles. The smallest absolute Gasteiger partial charge is 0.290 e. The van der Waals surface area contributed by atoms with Gasteiger partial charge in [0.05, 0.1) is 22.8 Å². The number of carbonyl (C=O) groups is 1. The number of anilines is 1. The maximum atomic E-state index is 10.1. The Morgan fingerprint density at radius 3 is 2.53 bits per heavy atom. The van der Waals surface area contributed by atoms with Crippen LogP contribution in [0.25, 0.3) is 16.7 Å². The van der Waals surface area contributed by atoms with E-state index in [-0.39, 0.29) is 6.47 Å². The summed E-state index contributed by atoms with van der Waals surface area (Å²) in [5.74, 6) is 1.18. The molecule has 5 rings (SSSR count). The zero-order valence-electron chi connectivity index (χ0n) is 19.8. The van der Waals surface area contributed by atoms with Crippen LogP contribution < -0.4 is 4.90 Å². The van der Waals surface area contributed by atoms with Crippen molar-refractivity contribution in [2.45, 2.75) is 32.4 Å². The van der Waals surface area contributed by atoms with Crippen molar-refractivity contribution in [2.24, 2.45) is 0 Å². The van der Waals surface area contributed by atoms with E-state index in [1.54, 1.807) is 0 Å². The molecule has 0 aliphatic carbocycles. The minimum atomic E-state index is -0.250. The van der Waals surface area contributed by atoms with Crippen molar-refractivity contribution >= 4 is 29.0 Å². The molecule has 3 heterocycles. The van der Waals surface area contributed by atoms with Crippen molar-refractivity contribution in [1.82, 2.24) is 14.3 Å². The summed E-state index contributed by atoms with van der Waals surface area (Å²) >= 11 is 0. The van der Waals surface area contributed by atoms with Crippen molar-refractivity contribution in [3.05, 3.63) is 76.9 Å². The number of aromatic nitrogens is 2. The highest BCUT2D eigenvalue weighted by molar-refractivity contribution is 5.86. The Hall–Kier alpha value is -3.89. The monoisotopic (exact) mass is 455 g/mol. The minimum absolute atomic E-state index is 0.250. The molecule has 0 spiro atoms. The maximum Gasteiger partial charge on any atom is 0.290 e. The first-order valence-corrected chi connectivity index (χ1v) is 11.4. The summed E-state index contributed by atoms with van der Waals surface area (Å²) < 4.78 is 2.24. The fraction of sp³-hybridized carbons (Fsp3) is 0.296. The number of pyridine rings is 1. The molecule has 2 aromatic heterocycles. The highest BCUT2D eigenvalue weighted by Gasteiger charge is 2.32. The van der Waals surface area contributed by atoms with Crippen LogP contribution in [0.3, 0.4) is 0 Å². The Bertz CT molecular complexity index is 1350. The molecule has 1 aliphatic heterocycles. The van der Waals surface area contributed by atoms with Gasteiger partial charge in [-0.3, -0.25) is 14.1 Å². The molecule has 0 saturated carbocycles. The number of hydrogen-bond donors (Lipinski definition) is 1. The third-order valence-corrected chi connectivity index (χ3v) is 6.52. The second kappa shape index (κ2) is 9.94. The number of para-hydroxylation sites is 2. The Balaban J connectivity index is 0.000000868. The molecule has 4 aromatic rings. The van der Waals surface area contributed by atoms with Gasteiger partial charge < -0.3 is 10.0 Å². The quantitative estimate of drug-likeness (QED) is 0.458. The van der Waals surface area contributed by atoms with E-state index in [1.807, 2.05) is 18.2 Å². The van der Waals surface area contributed by atoms with Crippen LogP contribution in [-0.2, 0) is 11.2 Å². The highest BCUT2D eigenvalue weighted by Crippen LogP contribution is 2.37. The van der Waals surface area contributed by atoms with Gasteiger partial charge in [-0.15, -0.1) is 0 Å². The highest BCUT2D eigenvalue weighted by atomic mass is 16.3. The predicted octanol–water partition coefficient (Wildman–Crippen LogP) is 4.45. The predicted molar refractivity (Wildman–Crippen MR) is 134 cm³/mol. The SMILES string of the molecule is Cc1c(Cc2ccccc2)c(N2CCCC2N(C)C)n2c(nc3ccccc32)c1C#N.O=CO. The molecule has 1 N–H and O–H groups in total. The van der Waals surface area contributed by atoms with Crippen LogP contribution in [0.1, 0.15) is 35.1 Å². The third-order valence-electron chi connectivity index (χ3n) is 6.52. The molecule has 1 aliphatic rings. The van der Waals surface area contributed by atoms with E-state index in [9.17, 15) is 5.26 Å². The average molecular weight is 456 g/mol. The summed E-state index contributed by atoms with van der Waals surface area (Å²) in [4.78, 5) is 18.1. The summed E-state index contributed by atoms with van der Waals surface area (Å²) in [6, 6.07) is 21.2. The zero-order valence-corrected chi connectivity index (χ0v) is 19.8. The van der Waals surface area contributed by atoms with Crippen molar-refractivity contribution in [1.29, 1.82) is 5.26 Å². The molecular formula is C27H29N5O2. The largest absolute Gasteiger partial charge is 0.483 e. The second-order valence-corrected chi connectivity index (χ2v) is 8.72. The van der Waals surface area contributed by atoms with Gasteiger partial charge in [-0.2, -0.15) is 5.26 Å². The summed E-state index contributed by atoms with van der Waals surface area (Å²) in [5.41, 5.74) is 6.92. The van der Waals surface area contributed by atoms with Crippen molar-refractivity contribution in [2.75, 3.05) is 25.5 Å². The number of nitriles is 1. The Labute approximate surface area is 199 Å². The van der Waals surface area contributed by atoms with Gasteiger partial charge in [0, 0.05) is 18.5 Å². The molecule has 0 bridgehead atoms. The van der Waals surface area contributed by atoms with E-state index >= 15 is 0 Å². The van der Waals surface area contributed by atoms with Gasteiger partial charge >= 0.3 is 0 Å². The number of benzene rings is 2. The van der Waals surface area contributed by atoms with Crippen LogP contribution in [0, 0.1) is 18.3 Å². The van der Waals surface area contributed by atoms with E-state index in [4.69, 9.17) is 14.9 Å². The number of hydrogen-bond acceptors (Lipinski definition) is 5. The van der Waals surface area contributed by atoms with E-state index in [2.05, 4.69) is 77.7 Å². The van der Waals surface area contributed by atoms with E-state index in [1.165, 1.54) is 16.9 Å². The van der Waals surface area contributed by atoms with Gasteiger partial charge in [-0.25, -0.2) is 4.98 Å². The maximum absolute atomic E-state index is 10.1. The summed E-state index contributed by atoms with van der Waals surface area (Å²) in [6.45, 7) is 2.83. The van der Waals surface area contributed by atoms with Gasteiger partial charge in [0.1, 0.15) is 11.9 Å². The molecule has 1 atom stereocenters.